The number of phosphoric acid groups is 1. The monoisotopic (exact) mass is 1050 g/mol. The summed E-state index contributed by atoms with van der Waals surface area (Å²) in [6, 6.07) is -0.938. The number of quaternary nitrogens is 1. The predicted octanol–water partition coefficient (Wildman–Crippen LogP) is 17.3. The third-order valence-corrected chi connectivity index (χ3v) is 13.1. The number of unbranched alkanes of at least 4 members (excludes halogenated alkanes) is 17. The molecule has 0 saturated heterocycles. The van der Waals surface area contributed by atoms with Crippen LogP contribution >= 0.6 is 7.82 Å². The van der Waals surface area contributed by atoms with Gasteiger partial charge < -0.3 is 28.5 Å². The highest BCUT2D eigenvalue weighted by molar-refractivity contribution is 7.45. The van der Waals surface area contributed by atoms with E-state index in [1.165, 1.54) is 77.0 Å². The molecule has 0 heterocycles. The number of rotatable bonds is 51. The Balaban J connectivity index is 5.50. The van der Waals surface area contributed by atoms with Gasteiger partial charge in [0.25, 0.3) is 7.82 Å². The van der Waals surface area contributed by atoms with Gasteiger partial charge in [-0.3, -0.25) is 14.2 Å². The lowest BCUT2D eigenvalue weighted by molar-refractivity contribution is -0.870. The summed E-state index contributed by atoms with van der Waals surface area (Å²) < 4.78 is 30.2. The van der Waals surface area contributed by atoms with Gasteiger partial charge in [0.1, 0.15) is 19.3 Å². The summed E-state index contributed by atoms with van der Waals surface area (Å²) in [6.07, 6.45) is 73.2. The molecule has 1 N–H and O–H groups in total. The molecule has 0 radical (unpaired) electrons. The van der Waals surface area contributed by atoms with Gasteiger partial charge in [-0.15, -0.1) is 0 Å². The van der Waals surface area contributed by atoms with Crippen LogP contribution in [0.5, 0.6) is 0 Å². The van der Waals surface area contributed by atoms with E-state index in [0.717, 1.165) is 96.3 Å². The smallest absolute Gasteiger partial charge is 0.306 e. The molecule has 0 fully saturated rings. The van der Waals surface area contributed by atoms with Gasteiger partial charge in [-0.25, -0.2) is 0 Å². The molecule has 0 aliphatic rings. The van der Waals surface area contributed by atoms with Crippen LogP contribution in [0.4, 0.5) is 0 Å². The zero-order chi connectivity index (χ0) is 54.3. The number of likely N-dealkylation sites (N-methyl/N-ethyl adjacent to an activating group) is 1. The van der Waals surface area contributed by atoms with E-state index in [-0.39, 0.29) is 25.4 Å². The van der Waals surface area contributed by atoms with Gasteiger partial charge in [-0.2, -0.15) is 0 Å². The normalized spacial score (nSPS) is 14.6. The molecule has 0 rings (SSSR count). The van der Waals surface area contributed by atoms with Gasteiger partial charge in [0.15, 0.2) is 0 Å². The molecule has 9 nitrogen and oxygen atoms in total. The van der Waals surface area contributed by atoms with E-state index in [1.54, 1.807) is 6.08 Å². The maximum atomic E-state index is 13.5. The molecule has 74 heavy (non-hydrogen) atoms. The fraction of sp³-hybridized carbons (Fsp3) is 0.656. The van der Waals surface area contributed by atoms with Crippen molar-refractivity contribution >= 4 is 19.7 Å². The second kappa shape index (κ2) is 52.8. The molecule has 1 amide bonds. The molecule has 0 aromatic rings. The lowest BCUT2D eigenvalue weighted by Gasteiger charge is -2.30. The minimum absolute atomic E-state index is 0.0446. The van der Waals surface area contributed by atoms with E-state index in [0.29, 0.717) is 23.9 Å². The van der Waals surface area contributed by atoms with Crippen molar-refractivity contribution < 1.29 is 37.3 Å². The largest absolute Gasteiger partial charge is 0.756 e. The Hall–Kier alpha value is -3.59. The number of nitrogens with zero attached hydrogens (tertiary/aromatic N) is 1. The molecule has 3 atom stereocenters. The highest BCUT2D eigenvalue weighted by Crippen LogP contribution is 2.38. The van der Waals surface area contributed by atoms with Crippen molar-refractivity contribution in [2.24, 2.45) is 0 Å². The highest BCUT2D eigenvalue weighted by Gasteiger charge is 2.27. The third kappa shape index (κ3) is 53.2. The maximum absolute atomic E-state index is 13.5. The van der Waals surface area contributed by atoms with Crippen molar-refractivity contribution in [2.45, 2.75) is 232 Å². The Morgan fingerprint density at radius 2 is 0.878 bits per heavy atom. The van der Waals surface area contributed by atoms with Crippen LogP contribution < -0.4 is 10.2 Å². The average Bonchev–Trinajstić information content (AvgIpc) is 3.36. The lowest BCUT2D eigenvalue weighted by Crippen LogP contribution is -2.47. The van der Waals surface area contributed by atoms with Crippen LogP contribution in [0.1, 0.15) is 220 Å². The maximum Gasteiger partial charge on any atom is 0.306 e. The summed E-state index contributed by atoms with van der Waals surface area (Å²) in [5.41, 5.74) is 0. The molecule has 0 aromatic carbocycles. The van der Waals surface area contributed by atoms with Crippen molar-refractivity contribution in [1.29, 1.82) is 0 Å². The van der Waals surface area contributed by atoms with Gasteiger partial charge >= 0.3 is 5.97 Å². The van der Waals surface area contributed by atoms with Crippen LogP contribution in [0.2, 0.25) is 0 Å². The number of phosphoric ester groups is 1. The van der Waals surface area contributed by atoms with E-state index >= 15 is 0 Å². The van der Waals surface area contributed by atoms with E-state index in [2.05, 4.69) is 123 Å². The molecule has 0 aliphatic heterocycles. The summed E-state index contributed by atoms with van der Waals surface area (Å²) in [7, 11) is 1.11. The van der Waals surface area contributed by atoms with Crippen molar-refractivity contribution in [2.75, 3.05) is 40.9 Å². The van der Waals surface area contributed by atoms with Gasteiger partial charge in [-0.1, -0.05) is 220 Å². The summed E-state index contributed by atoms with van der Waals surface area (Å²) in [4.78, 5) is 39.9. The summed E-state index contributed by atoms with van der Waals surface area (Å²) in [6.45, 7) is 6.61. The first kappa shape index (κ1) is 70.4. The number of carbonyl (C=O) groups excluding carboxylic acids is 2. The van der Waals surface area contributed by atoms with E-state index in [4.69, 9.17) is 13.8 Å². The lowest BCUT2D eigenvalue weighted by atomic mass is 10.1. The first-order valence-electron chi connectivity index (χ1n) is 29.3. The second-order valence-corrected chi connectivity index (χ2v) is 21.8. The number of allylic oxidation sites excluding steroid dienone is 19. The summed E-state index contributed by atoms with van der Waals surface area (Å²) in [5, 5.41) is 2.99. The third-order valence-electron chi connectivity index (χ3n) is 12.1. The highest BCUT2D eigenvalue weighted by atomic mass is 31.2. The Kier molecular flexibility index (Phi) is 50.3. The van der Waals surface area contributed by atoms with Crippen LogP contribution in [-0.2, 0) is 27.9 Å². The molecule has 0 spiro atoms. The molecule has 0 bridgehead atoms. The van der Waals surface area contributed by atoms with E-state index in [1.807, 2.05) is 39.4 Å². The minimum atomic E-state index is -4.73. The zero-order valence-corrected chi connectivity index (χ0v) is 48.9. The van der Waals surface area contributed by atoms with Gasteiger partial charge in [0.2, 0.25) is 5.91 Å². The quantitative estimate of drug-likeness (QED) is 0.0212. The van der Waals surface area contributed by atoms with E-state index in [9.17, 15) is 19.0 Å². The van der Waals surface area contributed by atoms with Gasteiger partial charge in [0, 0.05) is 12.8 Å². The Bertz CT molecular complexity index is 1680. The van der Waals surface area contributed by atoms with Crippen molar-refractivity contribution in [3.05, 3.63) is 122 Å². The van der Waals surface area contributed by atoms with Crippen LogP contribution in [0, 0.1) is 0 Å². The van der Waals surface area contributed by atoms with Crippen LogP contribution in [0.3, 0.4) is 0 Å². The van der Waals surface area contributed by atoms with Crippen LogP contribution in [-0.4, -0.2) is 69.4 Å². The Morgan fingerprint density at radius 3 is 1.35 bits per heavy atom. The van der Waals surface area contributed by atoms with Crippen molar-refractivity contribution in [3.8, 4) is 0 Å². The van der Waals surface area contributed by atoms with Crippen molar-refractivity contribution in [1.82, 2.24) is 5.32 Å². The SMILES string of the molecule is CC/C=C\C/C=C\C/C=C\C/C=C\C/C=C\C/C=C\CCC(=O)OC(/C=C/CCCCCCCCCCCC)C(COP(=O)([O-])OCC[N+](C)(C)C)NC(=O)CCCCCC/C=C\C/C=C\C/C=C\CCCCC. The zero-order valence-electron chi connectivity index (χ0n) is 48.0. The number of esters is 1. The summed E-state index contributed by atoms with van der Waals surface area (Å²) in [5.74, 6) is -0.674. The number of hydrogen-bond acceptors (Lipinski definition) is 7. The first-order valence-corrected chi connectivity index (χ1v) is 30.8. The first-order chi connectivity index (χ1) is 35.9. The fourth-order valence-electron chi connectivity index (χ4n) is 7.61. The number of ether oxygens (including phenoxy) is 1. The Morgan fingerprint density at radius 1 is 0.486 bits per heavy atom. The van der Waals surface area contributed by atoms with Crippen LogP contribution in [0.15, 0.2) is 122 Å². The van der Waals surface area contributed by atoms with Crippen LogP contribution in [0.25, 0.3) is 0 Å². The minimum Gasteiger partial charge on any atom is -0.756 e. The predicted molar refractivity (Wildman–Crippen MR) is 316 cm³/mol. The number of nitrogens with one attached hydrogen (secondary N) is 1. The average molecular weight is 1050 g/mol. The molecule has 0 saturated carbocycles. The van der Waals surface area contributed by atoms with Crippen molar-refractivity contribution in [3.63, 3.8) is 0 Å². The number of hydrogen-bond donors (Lipinski definition) is 1. The fourth-order valence-corrected chi connectivity index (χ4v) is 8.33. The molecular weight excluding hydrogens is 940 g/mol. The Labute approximate surface area is 454 Å². The van der Waals surface area contributed by atoms with E-state index < -0.39 is 32.5 Å². The molecule has 0 aliphatic carbocycles. The molecule has 0 aromatic heterocycles. The molecular formula is C64H109N2O7P. The second-order valence-electron chi connectivity index (χ2n) is 20.4. The number of amides is 1. The standard InChI is InChI=1S/C64H109N2O7P/c1-7-10-13-16-19-22-25-28-30-32-33-35-37-39-42-45-48-51-54-57-64(68)73-62(55-52-49-46-43-40-27-24-21-18-15-12-9-3)61(60-72-74(69,70)71-59-58-66(4,5)6)65-63(67)56-53-50-47-44-41-38-36-34-31-29-26-23-20-17-14-11-8-2/h10,13,19-20,22-23,28-31,33,35-36,38-39,42,48,51-52,55,61-62H,7-9,11-12,14-18,21,24-27,32,34,37,40-41,43-47,49-50,53-54,56-60H2,1-6H3,(H-,65,67,69,70)/b13-10-,22-19-,23-20-,30-28-,31-29-,35-33-,38-36-,42-39-,51-48-,55-52+. The van der Waals surface area contributed by atoms with Gasteiger partial charge in [0.05, 0.1) is 33.8 Å². The summed E-state index contributed by atoms with van der Waals surface area (Å²) >= 11 is 0. The topological polar surface area (TPSA) is 114 Å². The van der Waals surface area contributed by atoms with Gasteiger partial charge in [-0.05, 0) is 109 Å². The molecule has 10 heteroatoms. The molecule has 3 unspecified atom stereocenters. The molecule has 422 valence electrons. The number of carbonyl (C=O) groups is 2.